The highest BCUT2D eigenvalue weighted by atomic mass is 16.5. The second kappa shape index (κ2) is 9.07. The lowest BCUT2D eigenvalue weighted by molar-refractivity contribution is -0.136. The minimum Gasteiger partial charge on any atom is -0.378 e. The molecule has 1 aromatic heterocycles. The molecular weight excluding hydrogens is 310 g/mol. The van der Waals surface area contributed by atoms with E-state index in [4.69, 9.17) is 4.74 Å². The molecule has 2 rings (SSSR count). The fraction of sp³-hybridized carbons (Fsp3) is 0.562. The largest absolute Gasteiger partial charge is 0.378 e. The molecule has 1 aliphatic heterocycles. The van der Waals surface area contributed by atoms with Gasteiger partial charge in [-0.3, -0.25) is 9.48 Å². The molecule has 0 spiro atoms. The average molecular weight is 335 g/mol. The lowest BCUT2D eigenvalue weighted by atomic mass is 10.1. The number of hydrogen-bond donors (Lipinski definition) is 2. The summed E-state index contributed by atoms with van der Waals surface area (Å²) in [5.41, 5.74) is 0.552. The van der Waals surface area contributed by atoms with Gasteiger partial charge < -0.3 is 20.3 Å². The number of amides is 3. The van der Waals surface area contributed by atoms with E-state index < -0.39 is 0 Å². The molecule has 1 fully saturated rings. The van der Waals surface area contributed by atoms with Crippen molar-refractivity contribution in [3.8, 4) is 0 Å². The van der Waals surface area contributed by atoms with Gasteiger partial charge in [-0.15, -0.1) is 6.58 Å². The number of anilines is 1. The molecule has 0 radical (unpaired) electrons. The maximum Gasteiger partial charge on any atom is 0.319 e. The second-order valence-electron chi connectivity index (χ2n) is 5.65. The maximum atomic E-state index is 12.2. The van der Waals surface area contributed by atoms with Gasteiger partial charge >= 0.3 is 6.03 Å². The minimum absolute atomic E-state index is 0.00516. The third kappa shape index (κ3) is 5.38. The molecule has 3 amide bonds. The highest BCUT2D eigenvalue weighted by molar-refractivity contribution is 5.89. The monoisotopic (exact) mass is 335 g/mol. The number of rotatable bonds is 7. The van der Waals surface area contributed by atoms with E-state index in [0.29, 0.717) is 32.0 Å². The van der Waals surface area contributed by atoms with Gasteiger partial charge in [-0.05, 0) is 12.8 Å². The van der Waals surface area contributed by atoms with E-state index in [-0.39, 0.29) is 24.5 Å². The van der Waals surface area contributed by atoms with Crippen molar-refractivity contribution < 1.29 is 14.3 Å². The summed E-state index contributed by atoms with van der Waals surface area (Å²) in [7, 11) is 0. The van der Waals surface area contributed by atoms with Crippen LogP contribution in [-0.2, 0) is 16.1 Å². The Kier molecular flexibility index (Phi) is 6.80. The Labute approximate surface area is 141 Å². The van der Waals surface area contributed by atoms with Crippen molar-refractivity contribution in [3.05, 3.63) is 25.0 Å². The number of hydrogen-bond acceptors (Lipinski definition) is 4. The van der Waals surface area contributed by atoms with Gasteiger partial charge in [0.2, 0.25) is 5.91 Å². The zero-order chi connectivity index (χ0) is 17.4. The van der Waals surface area contributed by atoms with Crippen molar-refractivity contribution >= 4 is 17.6 Å². The molecule has 0 unspecified atom stereocenters. The molecule has 0 aliphatic carbocycles. The van der Waals surface area contributed by atoms with Gasteiger partial charge in [0.15, 0.2) is 0 Å². The van der Waals surface area contributed by atoms with Crippen LogP contribution in [0.4, 0.5) is 10.5 Å². The van der Waals surface area contributed by atoms with Crippen LogP contribution in [0, 0.1) is 0 Å². The zero-order valence-corrected chi connectivity index (χ0v) is 14.0. The Morgan fingerprint density at radius 1 is 1.46 bits per heavy atom. The Morgan fingerprint density at radius 3 is 2.88 bits per heavy atom. The van der Waals surface area contributed by atoms with Crippen LogP contribution in [0.5, 0.6) is 0 Å². The fourth-order valence-corrected chi connectivity index (χ4v) is 2.45. The van der Waals surface area contributed by atoms with E-state index in [1.807, 2.05) is 6.92 Å². The summed E-state index contributed by atoms with van der Waals surface area (Å²) in [5.74, 6) is -0.00516. The number of carbonyl (C=O) groups excluding carboxylic acids is 2. The Morgan fingerprint density at radius 2 is 2.21 bits per heavy atom. The van der Waals surface area contributed by atoms with E-state index in [0.717, 1.165) is 12.8 Å². The summed E-state index contributed by atoms with van der Waals surface area (Å²) in [6, 6.07) is -0.233. The summed E-state index contributed by atoms with van der Waals surface area (Å²) in [6.45, 7) is 8.19. The molecular formula is C16H25N5O3. The predicted molar refractivity (Wildman–Crippen MR) is 90.7 cm³/mol. The number of urea groups is 1. The number of nitrogens with zero attached hydrogens (tertiary/aromatic N) is 3. The lowest BCUT2D eigenvalue weighted by Crippen LogP contribution is -2.42. The molecule has 8 heteroatoms. The van der Waals surface area contributed by atoms with E-state index in [9.17, 15) is 9.59 Å². The van der Waals surface area contributed by atoms with Crippen LogP contribution in [0.3, 0.4) is 0 Å². The lowest BCUT2D eigenvalue weighted by Gasteiger charge is -2.26. The molecule has 1 atom stereocenters. The van der Waals surface area contributed by atoms with Gasteiger partial charge in [0.25, 0.3) is 0 Å². The van der Waals surface area contributed by atoms with Crippen molar-refractivity contribution in [2.24, 2.45) is 0 Å². The quantitative estimate of drug-likeness (QED) is 0.733. The van der Waals surface area contributed by atoms with Crippen molar-refractivity contribution in [2.75, 3.05) is 31.6 Å². The summed E-state index contributed by atoms with van der Waals surface area (Å²) < 4.78 is 6.75. The van der Waals surface area contributed by atoms with E-state index in [2.05, 4.69) is 22.3 Å². The number of nitrogens with one attached hydrogen (secondary N) is 2. The summed E-state index contributed by atoms with van der Waals surface area (Å²) >= 11 is 0. The van der Waals surface area contributed by atoms with Crippen LogP contribution in [-0.4, -0.2) is 59.0 Å². The highest BCUT2D eigenvalue weighted by Crippen LogP contribution is 2.07. The predicted octanol–water partition coefficient (Wildman–Crippen LogP) is 1.22. The SMILES string of the molecule is C=CC[C@H](CC)NC(=O)Nc1cnn(CC(=O)N2CCOCC2)c1. The standard InChI is InChI=1S/C16H25N5O3/c1-3-5-13(4-2)18-16(23)19-14-10-17-21(11-14)12-15(22)20-6-8-24-9-7-20/h3,10-11,13H,1,4-9,12H2,2H3,(H2,18,19,23)/t13-/m0/s1. The van der Waals surface area contributed by atoms with Crippen molar-refractivity contribution in [1.82, 2.24) is 20.0 Å². The molecule has 0 bridgehead atoms. The van der Waals surface area contributed by atoms with E-state index >= 15 is 0 Å². The highest BCUT2D eigenvalue weighted by Gasteiger charge is 2.17. The first-order chi connectivity index (χ1) is 11.6. The summed E-state index contributed by atoms with van der Waals surface area (Å²) in [6.07, 6.45) is 6.50. The van der Waals surface area contributed by atoms with Crippen molar-refractivity contribution in [2.45, 2.75) is 32.4 Å². The van der Waals surface area contributed by atoms with Gasteiger partial charge in [-0.25, -0.2) is 4.79 Å². The summed E-state index contributed by atoms with van der Waals surface area (Å²) in [5, 5.41) is 9.72. The first-order valence-electron chi connectivity index (χ1n) is 8.18. The molecule has 8 nitrogen and oxygen atoms in total. The first-order valence-corrected chi connectivity index (χ1v) is 8.18. The minimum atomic E-state index is -0.289. The second-order valence-corrected chi connectivity index (χ2v) is 5.65. The Bertz CT molecular complexity index is 566. The van der Waals surface area contributed by atoms with Gasteiger partial charge in [0.1, 0.15) is 6.54 Å². The molecule has 2 heterocycles. The van der Waals surface area contributed by atoms with E-state index in [1.165, 1.54) is 10.9 Å². The van der Waals surface area contributed by atoms with Crippen LogP contribution in [0.1, 0.15) is 19.8 Å². The first kappa shape index (κ1) is 18.0. The molecule has 1 aliphatic rings. The van der Waals surface area contributed by atoms with Gasteiger partial charge in [0, 0.05) is 25.3 Å². The third-order valence-electron chi connectivity index (χ3n) is 3.83. The number of aromatic nitrogens is 2. The molecule has 0 aromatic carbocycles. The van der Waals surface area contributed by atoms with Crippen molar-refractivity contribution in [1.29, 1.82) is 0 Å². The number of ether oxygens (including phenoxy) is 1. The maximum absolute atomic E-state index is 12.2. The average Bonchev–Trinajstić information content (AvgIpc) is 3.01. The van der Waals surface area contributed by atoms with Crippen LogP contribution in [0.25, 0.3) is 0 Å². The van der Waals surface area contributed by atoms with Gasteiger partial charge in [-0.2, -0.15) is 5.10 Å². The van der Waals surface area contributed by atoms with Crippen LogP contribution >= 0.6 is 0 Å². The van der Waals surface area contributed by atoms with Gasteiger partial charge in [0.05, 0.1) is 25.1 Å². The topological polar surface area (TPSA) is 88.5 Å². The molecule has 1 aromatic rings. The Balaban J connectivity index is 1.82. The smallest absolute Gasteiger partial charge is 0.319 e. The number of morpholine rings is 1. The van der Waals surface area contributed by atoms with Crippen molar-refractivity contribution in [3.63, 3.8) is 0 Å². The molecule has 1 saturated heterocycles. The van der Waals surface area contributed by atoms with Crippen LogP contribution in [0.2, 0.25) is 0 Å². The molecule has 2 N–H and O–H groups in total. The molecule has 132 valence electrons. The van der Waals surface area contributed by atoms with Gasteiger partial charge in [-0.1, -0.05) is 13.0 Å². The molecule has 0 saturated carbocycles. The Hall–Kier alpha value is -2.35. The normalized spacial score (nSPS) is 15.6. The molecule has 24 heavy (non-hydrogen) atoms. The third-order valence-corrected chi connectivity index (χ3v) is 3.83. The summed E-state index contributed by atoms with van der Waals surface area (Å²) in [4.78, 5) is 25.9. The van der Waals surface area contributed by atoms with Crippen LogP contribution in [0.15, 0.2) is 25.0 Å². The van der Waals surface area contributed by atoms with Crippen LogP contribution < -0.4 is 10.6 Å². The van der Waals surface area contributed by atoms with E-state index in [1.54, 1.807) is 17.2 Å². The fourth-order valence-electron chi connectivity index (χ4n) is 2.45. The zero-order valence-electron chi connectivity index (χ0n) is 14.0. The number of carbonyl (C=O) groups is 2.